The molecule has 0 aromatic heterocycles. The molecule has 3 aromatic rings. The molecular weight excluding hydrogens is 488 g/mol. The van der Waals surface area contributed by atoms with Crippen LogP contribution in [0, 0.1) is 10.1 Å². The standard InChI is InChI=1S/C23H20N6O6S/c24-23(26-17-8-12-19(13-9-17)36(25,34)35)28-22(31)20(27-21(30)16-4-2-1-3-5-16)14-15-6-10-18(11-7-15)29(32)33/h1-14H,(H,27,30)(H2,25,34,35)(H3,24,26,28,31). The van der Waals surface area contributed by atoms with Gasteiger partial charge in [0.15, 0.2) is 0 Å². The monoisotopic (exact) mass is 508 g/mol. The number of sulfonamides is 1. The summed E-state index contributed by atoms with van der Waals surface area (Å²) in [5, 5.41) is 20.8. The summed E-state index contributed by atoms with van der Waals surface area (Å²) in [6, 6.07) is 18.6. The number of nitrogens with two attached hydrogens (primary N) is 2. The molecule has 0 heterocycles. The van der Waals surface area contributed by atoms with Crippen LogP contribution >= 0.6 is 0 Å². The molecule has 0 aliphatic carbocycles. The number of rotatable bonds is 7. The Morgan fingerprint density at radius 2 is 1.53 bits per heavy atom. The van der Waals surface area contributed by atoms with E-state index in [0.717, 1.165) is 0 Å². The van der Waals surface area contributed by atoms with Crippen LogP contribution in [0.15, 0.2) is 94.4 Å². The third kappa shape index (κ3) is 7.06. The van der Waals surface area contributed by atoms with Crippen LogP contribution in [0.25, 0.3) is 6.08 Å². The van der Waals surface area contributed by atoms with Crippen LogP contribution in [0.4, 0.5) is 11.4 Å². The Balaban J connectivity index is 1.85. The second kappa shape index (κ2) is 11.0. The zero-order valence-corrected chi connectivity index (χ0v) is 19.3. The molecule has 0 aliphatic rings. The van der Waals surface area contributed by atoms with E-state index in [1.807, 2.05) is 0 Å². The number of hydrogen-bond acceptors (Lipinski definition) is 7. The van der Waals surface area contributed by atoms with Crippen molar-refractivity contribution in [2.75, 3.05) is 0 Å². The molecule has 0 bridgehead atoms. The maximum Gasteiger partial charge on any atom is 0.274 e. The molecule has 3 aromatic carbocycles. The largest absolute Gasteiger partial charge is 0.369 e. The molecule has 36 heavy (non-hydrogen) atoms. The lowest BCUT2D eigenvalue weighted by atomic mass is 10.1. The summed E-state index contributed by atoms with van der Waals surface area (Å²) >= 11 is 0. The number of non-ortho nitro benzene ring substituents is 1. The number of aliphatic imine (C=N–C) groups is 1. The van der Waals surface area contributed by atoms with Crippen LogP contribution in [0.3, 0.4) is 0 Å². The van der Waals surface area contributed by atoms with Crippen LogP contribution in [0.2, 0.25) is 0 Å². The molecule has 3 rings (SSSR count). The SMILES string of the molecule is NC(=Nc1ccc(S(N)(=O)=O)cc1)NC(=O)C(=Cc1ccc([N+](=O)[O-])cc1)NC(=O)c1ccccc1. The van der Waals surface area contributed by atoms with Gasteiger partial charge in [0.1, 0.15) is 5.70 Å². The lowest BCUT2D eigenvalue weighted by Crippen LogP contribution is -2.41. The zero-order chi connectivity index (χ0) is 26.3. The zero-order valence-electron chi connectivity index (χ0n) is 18.5. The van der Waals surface area contributed by atoms with E-state index in [-0.39, 0.29) is 33.5 Å². The Hall–Kier alpha value is -4.88. The van der Waals surface area contributed by atoms with Crippen molar-refractivity contribution >= 4 is 45.2 Å². The first kappa shape index (κ1) is 25.7. The molecule has 0 spiro atoms. The number of nitrogens with one attached hydrogen (secondary N) is 2. The van der Waals surface area contributed by atoms with Gasteiger partial charge >= 0.3 is 0 Å². The van der Waals surface area contributed by atoms with Gasteiger partial charge in [0.05, 0.1) is 15.5 Å². The van der Waals surface area contributed by atoms with E-state index in [4.69, 9.17) is 10.9 Å². The minimum Gasteiger partial charge on any atom is -0.369 e. The van der Waals surface area contributed by atoms with Crippen LogP contribution in [-0.2, 0) is 14.8 Å². The van der Waals surface area contributed by atoms with Crippen molar-refractivity contribution in [2.45, 2.75) is 4.90 Å². The van der Waals surface area contributed by atoms with E-state index in [1.54, 1.807) is 30.3 Å². The summed E-state index contributed by atoms with van der Waals surface area (Å²) in [7, 11) is -3.88. The molecule has 0 radical (unpaired) electrons. The molecule has 0 saturated heterocycles. The average molecular weight is 509 g/mol. The Bertz CT molecular complexity index is 1450. The topological polar surface area (TPSA) is 200 Å². The highest BCUT2D eigenvalue weighted by atomic mass is 32.2. The van der Waals surface area contributed by atoms with E-state index in [1.165, 1.54) is 54.6 Å². The molecule has 13 heteroatoms. The van der Waals surface area contributed by atoms with Crippen molar-refractivity contribution in [3.63, 3.8) is 0 Å². The molecule has 0 unspecified atom stereocenters. The summed E-state index contributed by atoms with van der Waals surface area (Å²) in [5.74, 6) is -1.74. The van der Waals surface area contributed by atoms with E-state index in [2.05, 4.69) is 15.6 Å². The van der Waals surface area contributed by atoms with Gasteiger partial charge in [0.25, 0.3) is 17.5 Å². The molecule has 0 aliphatic heterocycles. The van der Waals surface area contributed by atoms with Crippen molar-refractivity contribution in [3.8, 4) is 0 Å². The number of carbonyl (C=O) groups is 2. The lowest BCUT2D eigenvalue weighted by molar-refractivity contribution is -0.384. The smallest absolute Gasteiger partial charge is 0.274 e. The van der Waals surface area contributed by atoms with E-state index in [9.17, 15) is 28.1 Å². The quantitative estimate of drug-likeness (QED) is 0.122. The summed E-state index contributed by atoms with van der Waals surface area (Å²) in [5.41, 5.74) is 6.38. The highest BCUT2D eigenvalue weighted by molar-refractivity contribution is 7.89. The van der Waals surface area contributed by atoms with Gasteiger partial charge in [-0.25, -0.2) is 18.5 Å². The molecule has 2 amide bonds. The number of guanidine groups is 1. The van der Waals surface area contributed by atoms with Crippen molar-refractivity contribution in [1.82, 2.24) is 10.6 Å². The number of amides is 2. The number of benzene rings is 3. The third-order valence-corrected chi connectivity index (χ3v) is 5.53. The third-order valence-electron chi connectivity index (χ3n) is 4.60. The summed E-state index contributed by atoms with van der Waals surface area (Å²) < 4.78 is 22.7. The number of nitro benzene ring substituents is 1. The van der Waals surface area contributed by atoms with Gasteiger partial charge in [-0.3, -0.25) is 25.0 Å². The van der Waals surface area contributed by atoms with Crippen molar-refractivity contribution in [3.05, 3.63) is 106 Å². The summed E-state index contributed by atoms with van der Waals surface area (Å²) in [4.78, 5) is 39.8. The summed E-state index contributed by atoms with van der Waals surface area (Å²) in [6.07, 6.45) is 1.31. The van der Waals surface area contributed by atoms with E-state index >= 15 is 0 Å². The Labute approximate surface area is 205 Å². The van der Waals surface area contributed by atoms with Crippen LogP contribution in [0.1, 0.15) is 15.9 Å². The van der Waals surface area contributed by atoms with Gasteiger partial charge in [-0.15, -0.1) is 0 Å². The maximum atomic E-state index is 12.9. The predicted octanol–water partition coefficient (Wildman–Crippen LogP) is 1.78. The number of primary sulfonamides is 1. The fraction of sp³-hybridized carbons (Fsp3) is 0. The molecule has 0 saturated carbocycles. The second-order valence-corrected chi connectivity index (χ2v) is 8.78. The molecular formula is C23H20N6O6S. The van der Waals surface area contributed by atoms with E-state index < -0.39 is 26.8 Å². The fourth-order valence-corrected chi connectivity index (χ4v) is 3.38. The minimum atomic E-state index is -3.88. The highest BCUT2D eigenvalue weighted by Crippen LogP contribution is 2.16. The van der Waals surface area contributed by atoms with Gasteiger partial charge in [0, 0.05) is 17.7 Å². The summed E-state index contributed by atoms with van der Waals surface area (Å²) in [6.45, 7) is 0. The second-order valence-electron chi connectivity index (χ2n) is 7.22. The first-order chi connectivity index (χ1) is 17.0. The Morgan fingerprint density at radius 3 is 2.08 bits per heavy atom. The van der Waals surface area contributed by atoms with Crippen LogP contribution in [-0.4, -0.2) is 31.1 Å². The Kier molecular flexibility index (Phi) is 7.89. The molecule has 6 N–H and O–H groups in total. The van der Waals surface area contributed by atoms with Crippen molar-refractivity contribution < 1.29 is 22.9 Å². The number of hydrogen-bond donors (Lipinski definition) is 4. The normalized spacial score (nSPS) is 12.0. The minimum absolute atomic E-state index is 0.124. The molecule has 12 nitrogen and oxygen atoms in total. The van der Waals surface area contributed by atoms with Gasteiger partial charge in [-0.05, 0) is 60.2 Å². The predicted molar refractivity (Wildman–Crippen MR) is 132 cm³/mol. The highest BCUT2D eigenvalue weighted by Gasteiger charge is 2.16. The van der Waals surface area contributed by atoms with Gasteiger partial charge in [0.2, 0.25) is 16.0 Å². The van der Waals surface area contributed by atoms with Crippen molar-refractivity contribution in [2.24, 2.45) is 15.9 Å². The van der Waals surface area contributed by atoms with Gasteiger partial charge in [-0.1, -0.05) is 18.2 Å². The lowest BCUT2D eigenvalue weighted by Gasteiger charge is -2.11. The molecule has 0 atom stereocenters. The van der Waals surface area contributed by atoms with Gasteiger partial charge in [-0.2, -0.15) is 0 Å². The van der Waals surface area contributed by atoms with E-state index in [0.29, 0.717) is 5.56 Å². The number of nitro groups is 1. The molecule has 184 valence electrons. The van der Waals surface area contributed by atoms with Crippen LogP contribution < -0.4 is 21.5 Å². The first-order valence-corrected chi connectivity index (χ1v) is 11.7. The Morgan fingerprint density at radius 1 is 0.917 bits per heavy atom. The number of carbonyl (C=O) groups excluding carboxylic acids is 2. The fourth-order valence-electron chi connectivity index (χ4n) is 2.86. The molecule has 0 fully saturated rings. The maximum absolute atomic E-state index is 12.9. The average Bonchev–Trinajstić information content (AvgIpc) is 2.84. The number of nitrogens with zero attached hydrogens (tertiary/aromatic N) is 2. The van der Waals surface area contributed by atoms with Crippen LogP contribution in [0.5, 0.6) is 0 Å². The van der Waals surface area contributed by atoms with Crippen molar-refractivity contribution in [1.29, 1.82) is 0 Å². The van der Waals surface area contributed by atoms with Gasteiger partial charge < -0.3 is 11.1 Å². The first-order valence-electron chi connectivity index (χ1n) is 10.1.